The molecule has 16 heavy (non-hydrogen) atoms. The smallest absolute Gasteiger partial charge is 0.223 e. The molecule has 5 heteroatoms. The Kier molecular flexibility index (Phi) is 2.44. The van der Waals surface area contributed by atoms with Crippen LogP contribution in [-0.2, 0) is 4.79 Å². The second-order valence-corrected chi connectivity index (χ2v) is 5.48. The van der Waals surface area contributed by atoms with E-state index < -0.39 is 0 Å². The average molecular weight is 237 g/mol. The van der Waals surface area contributed by atoms with E-state index in [2.05, 4.69) is 4.98 Å². The first-order valence-corrected chi connectivity index (χ1v) is 6.61. The van der Waals surface area contributed by atoms with Gasteiger partial charge in [0.1, 0.15) is 5.01 Å². The third-order valence-electron chi connectivity index (χ3n) is 3.33. The number of piperidine rings is 1. The summed E-state index contributed by atoms with van der Waals surface area (Å²) in [6.45, 7) is 0. The van der Waals surface area contributed by atoms with E-state index in [1.807, 2.05) is 10.3 Å². The number of likely N-dealkylation sites (tertiary alicyclic amines) is 1. The maximum absolute atomic E-state index is 12.0. The fourth-order valence-electron chi connectivity index (χ4n) is 2.40. The fraction of sp³-hybridized carbons (Fsp3) is 0.636. The largest absolute Gasteiger partial charge is 0.329 e. The van der Waals surface area contributed by atoms with Crippen molar-refractivity contribution in [3.63, 3.8) is 0 Å². The Hall–Kier alpha value is -0.940. The van der Waals surface area contributed by atoms with Crippen LogP contribution in [0.1, 0.15) is 36.7 Å². The highest BCUT2D eigenvalue weighted by atomic mass is 32.1. The van der Waals surface area contributed by atoms with Crippen molar-refractivity contribution < 1.29 is 4.79 Å². The first-order chi connectivity index (χ1) is 7.77. The zero-order valence-electron chi connectivity index (χ0n) is 9.00. The monoisotopic (exact) mass is 237 g/mol. The van der Waals surface area contributed by atoms with E-state index in [1.165, 1.54) is 0 Å². The lowest BCUT2D eigenvalue weighted by Gasteiger charge is -2.38. The highest BCUT2D eigenvalue weighted by molar-refractivity contribution is 7.09. The van der Waals surface area contributed by atoms with Gasteiger partial charge in [0, 0.05) is 30.1 Å². The molecule has 0 spiro atoms. The summed E-state index contributed by atoms with van der Waals surface area (Å²) in [5, 5.41) is 2.94. The molecule has 2 heterocycles. The van der Waals surface area contributed by atoms with Crippen LogP contribution in [0.2, 0.25) is 0 Å². The number of nitrogens with two attached hydrogens (primary N) is 1. The van der Waals surface area contributed by atoms with Crippen molar-refractivity contribution >= 4 is 17.2 Å². The molecule has 1 aliphatic heterocycles. The predicted molar refractivity (Wildman–Crippen MR) is 61.9 cm³/mol. The molecule has 2 unspecified atom stereocenters. The Morgan fingerprint density at radius 1 is 1.44 bits per heavy atom. The average Bonchev–Trinajstić information content (AvgIpc) is 2.97. The van der Waals surface area contributed by atoms with Gasteiger partial charge in [-0.25, -0.2) is 4.98 Å². The van der Waals surface area contributed by atoms with Crippen molar-refractivity contribution in [3.8, 4) is 0 Å². The minimum Gasteiger partial charge on any atom is -0.329 e. The summed E-state index contributed by atoms with van der Waals surface area (Å²) in [5.41, 5.74) is 6.16. The van der Waals surface area contributed by atoms with Gasteiger partial charge < -0.3 is 10.6 Å². The van der Waals surface area contributed by atoms with Crippen LogP contribution >= 0.6 is 11.3 Å². The SMILES string of the molecule is NC1CCC(=O)N(C2CC2)C1c1nccs1. The maximum Gasteiger partial charge on any atom is 0.223 e. The van der Waals surface area contributed by atoms with Gasteiger partial charge in [-0.3, -0.25) is 4.79 Å². The molecule has 1 aromatic rings. The number of carbonyl (C=O) groups excluding carboxylic acids is 1. The first-order valence-electron chi connectivity index (χ1n) is 5.73. The van der Waals surface area contributed by atoms with Crippen molar-refractivity contribution in [2.45, 2.75) is 43.8 Å². The molecular weight excluding hydrogens is 222 g/mol. The number of hydrogen-bond acceptors (Lipinski definition) is 4. The van der Waals surface area contributed by atoms with E-state index in [9.17, 15) is 4.79 Å². The Bertz CT molecular complexity index is 388. The predicted octanol–water partition coefficient (Wildman–Crippen LogP) is 1.30. The summed E-state index contributed by atoms with van der Waals surface area (Å²) in [6.07, 6.45) is 5.42. The van der Waals surface area contributed by atoms with Crippen LogP contribution in [-0.4, -0.2) is 27.9 Å². The van der Waals surface area contributed by atoms with Gasteiger partial charge in [0.15, 0.2) is 0 Å². The summed E-state index contributed by atoms with van der Waals surface area (Å²) in [6, 6.07) is 0.492. The lowest BCUT2D eigenvalue weighted by Crippen LogP contribution is -2.49. The van der Waals surface area contributed by atoms with Gasteiger partial charge in [-0.15, -0.1) is 11.3 Å². The third kappa shape index (κ3) is 1.64. The number of nitrogens with zero attached hydrogens (tertiary/aromatic N) is 2. The minimum absolute atomic E-state index is 0.0220. The van der Waals surface area contributed by atoms with Gasteiger partial charge in [-0.1, -0.05) is 0 Å². The van der Waals surface area contributed by atoms with E-state index in [-0.39, 0.29) is 18.0 Å². The van der Waals surface area contributed by atoms with Gasteiger partial charge in [0.05, 0.1) is 6.04 Å². The lowest BCUT2D eigenvalue weighted by atomic mass is 9.96. The molecule has 0 bridgehead atoms. The van der Waals surface area contributed by atoms with Crippen LogP contribution in [0.15, 0.2) is 11.6 Å². The standard InChI is InChI=1S/C11H15N3OS/c12-8-3-4-9(15)14(7-1-2-7)10(8)11-13-5-6-16-11/h5-8,10H,1-4,12H2. The molecule has 1 aliphatic carbocycles. The molecule has 1 aromatic heterocycles. The van der Waals surface area contributed by atoms with Crippen molar-refractivity contribution in [2.24, 2.45) is 5.73 Å². The van der Waals surface area contributed by atoms with Gasteiger partial charge in [-0.05, 0) is 19.3 Å². The van der Waals surface area contributed by atoms with Gasteiger partial charge in [-0.2, -0.15) is 0 Å². The van der Waals surface area contributed by atoms with Crippen LogP contribution in [0.5, 0.6) is 0 Å². The summed E-state index contributed by atoms with van der Waals surface area (Å²) < 4.78 is 0. The molecule has 4 nitrogen and oxygen atoms in total. The summed E-state index contributed by atoms with van der Waals surface area (Å²) in [7, 11) is 0. The second kappa shape index (κ2) is 3.82. The molecule has 2 atom stereocenters. The number of aromatic nitrogens is 1. The van der Waals surface area contributed by atoms with Crippen LogP contribution in [0.3, 0.4) is 0 Å². The van der Waals surface area contributed by atoms with Crippen molar-refractivity contribution in [1.82, 2.24) is 9.88 Å². The Morgan fingerprint density at radius 3 is 2.88 bits per heavy atom. The Morgan fingerprint density at radius 2 is 2.25 bits per heavy atom. The highest BCUT2D eigenvalue weighted by Crippen LogP contribution is 2.40. The lowest BCUT2D eigenvalue weighted by molar-refractivity contribution is -0.138. The fourth-order valence-corrected chi connectivity index (χ4v) is 3.22. The molecule has 3 rings (SSSR count). The quantitative estimate of drug-likeness (QED) is 0.843. The molecule has 1 amide bonds. The Balaban J connectivity index is 1.93. The molecule has 2 aliphatic rings. The summed E-state index contributed by atoms with van der Waals surface area (Å²) in [5.74, 6) is 0.254. The van der Waals surface area contributed by atoms with E-state index in [0.717, 1.165) is 24.3 Å². The van der Waals surface area contributed by atoms with E-state index in [4.69, 9.17) is 5.73 Å². The zero-order valence-corrected chi connectivity index (χ0v) is 9.82. The summed E-state index contributed by atoms with van der Waals surface area (Å²) in [4.78, 5) is 18.3. The number of hydrogen-bond donors (Lipinski definition) is 1. The molecule has 0 aromatic carbocycles. The molecule has 1 saturated carbocycles. The van der Waals surface area contributed by atoms with Crippen molar-refractivity contribution in [3.05, 3.63) is 16.6 Å². The highest BCUT2D eigenvalue weighted by Gasteiger charge is 2.43. The van der Waals surface area contributed by atoms with Gasteiger partial charge in [0.25, 0.3) is 0 Å². The van der Waals surface area contributed by atoms with E-state index in [1.54, 1.807) is 17.5 Å². The molecule has 0 radical (unpaired) electrons. The first kappa shape index (κ1) is 10.2. The molecule has 86 valence electrons. The molecule has 2 N–H and O–H groups in total. The van der Waals surface area contributed by atoms with Gasteiger partial charge in [0.2, 0.25) is 5.91 Å². The second-order valence-electron chi connectivity index (χ2n) is 4.55. The van der Waals surface area contributed by atoms with Crippen molar-refractivity contribution in [2.75, 3.05) is 0 Å². The number of carbonyl (C=O) groups is 1. The van der Waals surface area contributed by atoms with Crippen LogP contribution in [0.4, 0.5) is 0 Å². The summed E-state index contributed by atoms with van der Waals surface area (Å²) >= 11 is 1.60. The van der Waals surface area contributed by atoms with E-state index >= 15 is 0 Å². The third-order valence-corrected chi connectivity index (χ3v) is 4.18. The van der Waals surface area contributed by atoms with E-state index in [0.29, 0.717) is 12.5 Å². The van der Waals surface area contributed by atoms with Crippen LogP contribution in [0, 0.1) is 0 Å². The topological polar surface area (TPSA) is 59.2 Å². The van der Waals surface area contributed by atoms with Crippen LogP contribution < -0.4 is 5.73 Å². The normalized spacial score (nSPS) is 30.8. The molecule has 1 saturated heterocycles. The van der Waals surface area contributed by atoms with Crippen LogP contribution in [0.25, 0.3) is 0 Å². The molecular formula is C11H15N3OS. The van der Waals surface area contributed by atoms with Gasteiger partial charge >= 0.3 is 0 Å². The maximum atomic E-state index is 12.0. The van der Waals surface area contributed by atoms with Crippen molar-refractivity contribution in [1.29, 1.82) is 0 Å². The Labute approximate surface area is 98.5 Å². The zero-order chi connectivity index (χ0) is 11.1. The number of rotatable bonds is 2. The minimum atomic E-state index is 0.0220. The molecule has 2 fully saturated rings. The number of thiazole rings is 1. The number of amides is 1.